The van der Waals surface area contributed by atoms with E-state index >= 15 is 0 Å². The summed E-state index contributed by atoms with van der Waals surface area (Å²) in [6.07, 6.45) is 3.40. The summed E-state index contributed by atoms with van der Waals surface area (Å²) in [7, 11) is 0. The van der Waals surface area contributed by atoms with E-state index in [0.29, 0.717) is 29.4 Å². The van der Waals surface area contributed by atoms with Crippen LogP contribution in [0.5, 0.6) is 0 Å². The second-order valence-electron chi connectivity index (χ2n) is 5.91. The van der Waals surface area contributed by atoms with Gasteiger partial charge in [-0.05, 0) is 31.1 Å². The van der Waals surface area contributed by atoms with Gasteiger partial charge in [0.25, 0.3) is 11.8 Å². The van der Waals surface area contributed by atoms with Crippen LogP contribution in [0, 0.1) is 0 Å². The quantitative estimate of drug-likeness (QED) is 0.565. The molecule has 0 saturated heterocycles. The summed E-state index contributed by atoms with van der Waals surface area (Å²) >= 11 is 5.80. The normalized spacial score (nSPS) is 11.5. The summed E-state index contributed by atoms with van der Waals surface area (Å²) in [6, 6.07) is 6.22. The number of H-pyrrole nitrogens is 1. The standard InChI is InChI=1S/C16H16ClN7O/c1-9(2)24-12-5-10(3-4-11(12)6-20-24)15-22-16(23-25-15)19-8-14-18-7-13(17)21-14/h3-7,9H,8H2,1-2H3,(H,18,21)(H,19,23). The van der Waals surface area contributed by atoms with Gasteiger partial charge < -0.3 is 14.8 Å². The van der Waals surface area contributed by atoms with Crippen molar-refractivity contribution in [1.82, 2.24) is 29.9 Å². The van der Waals surface area contributed by atoms with E-state index in [1.54, 1.807) is 6.20 Å². The van der Waals surface area contributed by atoms with Gasteiger partial charge in [-0.15, -0.1) is 0 Å². The van der Waals surface area contributed by atoms with E-state index in [1.165, 1.54) is 0 Å². The van der Waals surface area contributed by atoms with E-state index in [4.69, 9.17) is 16.1 Å². The SMILES string of the molecule is CC(C)n1ncc2ccc(-c3nc(NCc4ncc(Cl)[nH]4)no3)cc21. The summed E-state index contributed by atoms with van der Waals surface area (Å²) in [5, 5.41) is 13.0. The van der Waals surface area contributed by atoms with Crippen molar-refractivity contribution < 1.29 is 4.52 Å². The Balaban J connectivity index is 1.56. The number of halogens is 1. The maximum atomic E-state index is 5.80. The number of fused-ring (bicyclic) bond motifs is 1. The minimum atomic E-state index is 0.271. The fourth-order valence-electron chi connectivity index (χ4n) is 2.58. The van der Waals surface area contributed by atoms with Crippen molar-refractivity contribution in [2.45, 2.75) is 26.4 Å². The summed E-state index contributed by atoms with van der Waals surface area (Å²) in [4.78, 5) is 11.4. The lowest BCUT2D eigenvalue weighted by Gasteiger charge is -2.07. The smallest absolute Gasteiger partial charge is 0.264 e. The molecule has 0 amide bonds. The molecular weight excluding hydrogens is 342 g/mol. The van der Waals surface area contributed by atoms with Crippen molar-refractivity contribution in [2.75, 3.05) is 5.32 Å². The average molecular weight is 358 g/mol. The Morgan fingerprint density at radius 2 is 2.20 bits per heavy atom. The largest absolute Gasteiger partial charge is 0.344 e. The average Bonchev–Trinajstić information content (AvgIpc) is 3.31. The lowest BCUT2D eigenvalue weighted by molar-refractivity contribution is 0.432. The molecule has 25 heavy (non-hydrogen) atoms. The van der Waals surface area contributed by atoms with E-state index in [9.17, 15) is 0 Å². The number of rotatable bonds is 5. The van der Waals surface area contributed by atoms with Crippen molar-refractivity contribution in [3.63, 3.8) is 0 Å². The molecule has 4 aromatic rings. The molecule has 9 heteroatoms. The summed E-state index contributed by atoms with van der Waals surface area (Å²) < 4.78 is 7.33. The number of imidazole rings is 1. The molecular formula is C16H16ClN7O. The Hall–Kier alpha value is -2.87. The van der Waals surface area contributed by atoms with Crippen LogP contribution in [0.15, 0.2) is 35.1 Å². The molecule has 0 saturated carbocycles. The van der Waals surface area contributed by atoms with E-state index < -0.39 is 0 Å². The Morgan fingerprint density at radius 1 is 1.32 bits per heavy atom. The van der Waals surface area contributed by atoms with E-state index in [-0.39, 0.29) is 6.04 Å². The lowest BCUT2D eigenvalue weighted by Crippen LogP contribution is -2.02. The lowest BCUT2D eigenvalue weighted by atomic mass is 10.1. The maximum Gasteiger partial charge on any atom is 0.264 e. The van der Waals surface area contributed by atoms with Crippen LogP contribution in [0.4, 0.5) is 5.95 Å². The molecule has 3 aromatic heterocycles. The van der Waals surface area contributed by atoms with Gasteiger partial charge in [0.2, 0.25) is 0 Å². The maximum absolute atomic E-state index is 5.80. The third-order valence-electron chi connectivity index (χ3n) is 3.77. The fraction of sp³-hybridized carbons (Fsp3) is 0.250. The molecule has 0 atom stereocenters. The molecule has 4 rings (SSSR count). The summed E-state index contributed by atoms with van der Waals surface area (Å²) in [5.41, 5.74) is 1.88. The van der Waals surface area contributed by atoms with Crippen molar-refractivity contribution in [1.29, 1.82) is 0 Å². The number of hydrogen-bond acceptors (Lipinski definition) is 6. The zero-order valence-corrected chi connectivity index (χ0v) is 14.4. The Kier molecular flexibility index (Phi) is 3.89. The van der Waals surface area contributed by atoms with Crippen molar-refractivity contribution in [2.24, 2.45) is 0 Å². The van der Waals surface area contributed by atoms with Crippen LogP contribution in [0.1, 0.15) is 25.7 Å². The highest BCUT2D eigenvalue weighted by Crippen LogP contribution is 2.25. The molecule has 8 nitrogen and oxygen atoms in total. The molecule has 0 aliphatic rings. The molecule has 0 bridgehead atoms. The van der Waals surface area contributed by atoms with Gasteiger partial charge in [-0.3, -0.25) is 4.68 Å². The summed E-state index contributed by atoms with van der Waals surface area (Å²) in [5.74, 6) is 1.52. The van der Waals surface area contributed by atoms with Crippen LogP contribution in [0.3, 0.4) is 0 Å². The second-order valence-corrected chi connectivity index (χ2v) is 6.32. The molecule has 2 N–H and O–H groups in total. The number of nitrogens with zero attached hydrogens (tertiary/aromatic N) is 5. The number of aromatic nitrogens is 6. The van der Waals surface area contributed by atoms with Gasteiger partial charge >= 0.3 is 0 Å². The number of benzene rings is 1. The van der Waals surface area contributed by atoms with Gasteiger partial charge in [0.05, 0.1) is 24.5 Å². The van der Waals surface area contributed by atoms with Crippen molar-refractivity contribution in [3.05, 3.63) is 41.6 Å². The van der Waals surface area contributed by atoms with Gasteiger partial charge in [0.15, 0.2) is 0 Å². The van der Waals surface area contributed by atoms with Crippen molar-refractivity contribution in [3.8, 4) is 11.5 Å². The molecule has 0 unspecified atom stereocenters. The molecule has 3 heterocycles. The second kappa shape index (κ2) is 6.21. The van der Waals surface area contributed by atoms with Crippen LogP contribution in [0.2, 0.25) is 5.15 Å². The minimum Gasteiger partial charge on any atom is -0.344 e. The number of hydrogen-bond donors (Lipinski definition) is 2. The topological polar surface area (TPSA) is 97.5 Å². The monoisotopic (exact) mass is 357 g/mol. The van der Waals surface area contributed by atoms with Gasteiger partial charge in [0.1, 0.15) is 11.0 Å². The first-order valence-corrected chi connectivity index (χ1v) is 8.22. The zero-order chi connectivity index (χ0) is 17.4. The molecule has 0 spiro atoms. The number of aromatic amines is 1. The van der Waals surface area contributed by atoms with Crippen LogP contribution >= 0.6 is 11.6 Å². The number of nitrogens with one attached hydrogen (secondary N) is 2. The molecule has 0 radical (unpaired) electrons. The highest BCUT2D eigenvalue weighted by Gasteiger charge is 2.12. The van der Waals surface area contributed by atoms with Gasteiger partial charge in [-0.1, -0.05) is 17.7 Å². The predicted octanol–water partition coefficient (Wildman–Crippen LogP) is 3.66. The van der Waals surface area contributed by atoms with Gasteiger partial charge in [0, 0.05) is 17.0 Å². The highest BCUT2D eigenvalue weighted by atomic mass is 35.5. The van der Waals surface area contributed by atoms with Crippen molar-refractivity contribution >= 4 is 28.5 Å². The minimum absolute atomic E-state index is 0.271. The highest BCUT2D eigenvalue weighted by molar-refractivity contribution is 6.29. The van der Waals surface area contributed by atoms with Gasteiger partial charge in [-0.25, -0.2) is 4.98 Å². The molecule has 128 valence electrons. The first kappa shape index (κ1) is 15.6. The Morgan fingerprint density at radius 3 is 2.96 bits per heavy atom. The third kappa shape index (κ3) is 3.08. The molecule has 0 fully saturated rings. The van der Waals surface area contributed by atoms with E-state index in [1.807, 2.05) is 29.1 Å². The first-order chi connectivity index (χ1) is 12.1. The first-order valence-electron chi connectivity index (χ1n) is 7.85. The number of anilines is 1. The van der Waals surface area contributed by atoms with Crippen LogP contribution in [-0.4, -0.2) is 29.9 Å². The van der Waals surface area contributed by atoms with Crippen LogP contribution < -0.4 is 5.32 Å². The van der Waals surface area contributed by atoms with Crippen LogP contribution in [0.25, 0.3) is 22.4 Å². The Labute approximate surface area is 148 Å². The van der Waals surface area contributed by atoms with Crippen LogP contribution in [-0.2, 0) is 6.54 Å². The summed E-state index contributed by atoms with van der Waals surface area (Å²) in [6.45, 7) is 4.61. The fourth-order valence-corrected chi connectivity index (χ4v) is 2.74. The third-order valence-corrected chi connectivity index (χ3v) is 3.96. The predicted molar refractivity (Wildman–Crippen MR) is 94.3 cm³/mol. The van der Waals surface area contributed by atoms with Gasteiger partial charge in [-0.2, -0.15) is 10.1 Å². The van der Waals surface area contributed by atoms with E-state index in [2.05, 4.69) is 44.4 Å². The molecule has 0 aliphatic carbocycles. The molecule has 0 aliphatic heterocycles. The van der Waals surface area contributed by atoms with E-state index in [0.717, 1.165) is 16.5 Å². The molecule has 1 aromatic carbocycles. The zero-order valence-electron chi connectivity index (χ0n) is 13.7. The Bertz CT molecular complexity index is 1020.